The highest BCUT2D eigenvalue weighted by atomic mass is 16.3. The number of nitroso groups, excluding NO2 is 2. The van der Waals surface area contributed by atoms with Crippen molar-refractivity contribution in [2.75, 3.05) is 39.3 Å². The maximum Gasteiger partial charge on any atom is 0.119 e. The Labute approximate surface area is 168 Å². The lowest BCUT2D eigenvalue weighted by atomic mass is 10.1. The molecule has 1 aliphatic heterocycles. The topological polar surface area (TPSA) is 135 Å². The molecule has 0 aliphatic carbocycles. The van der Waals surface area contributed by atoms with Gasteiger partial charge in [0.1, 0.15) is 5.69 Å². The molecule has 29 heavy (non-hydrogen) atoms. The van der Waals surface area contributed by atoms with Gasteiger partial charge in [0, 0.05) is 56.4 Å². The zero-order valence-electron chi connectivity index (χ0n) is 16.0. The number of piperazine rings is 1. The van der Waals surface area contributed by atoms with Gasteiger partial charge in [-0.2, -0.15) is 10.0 Å². The maximum absolute atomic E-state index is 11.3. The van der Waals surface area contributed by atoms with Gasteiger partial charge in [-0.05, 0) is 41.6 Å². The Hall–Kier alpha value is -3.53. The fourth-order valence-corrected chi connectivity index (χ4v) is 3.19. The predicted octanol–water partition coefficient (Wildman–Crippen LogP) is 1.75. The Morgan fingerprint density at radius 1 is 1.14 bits per heavy atom. The van der Waals surface area contributed by atoms with Crippen LogP contribution in [0, 0.1) is 9.81 Å². The molecule has 10 nitrogen and oxygen atoms in total. The van der Waals surface area contributed by atoms with Crippen molar-refractivity contribution in [2.24, 2.45) is 21.8 Å². The van der Waals surface area contributed by atoms with Gasteiger partial charge in [0.25, 0.3) is 0 Å². The summed E-state index contributed by atoms with van der Waals surface area (Å²) < 4.78 is 1.64. The molecule has 1 fully saturated rings. The van der Waals surface area contributed by atoms with Crippen LogP contribution < -0.4 is 11.5 Å². The summed E-state index contributed by atoms with van der Waals surface area (Å²) >= 11 is 0. The van der Waals surface area contributed by atoms with Gasteiger partial charge in [-0.25, -0.2) is 4.68 Å². The summed E-state index contributed by atoms with van der Waals surface area (Å²) in [7, 11) is 0. The third kappa shape index (κ3) is 5.05. The molecule has 10 heteroatoms. The molecule has 0 amide bonds. The molecule has 2 heterocycles. The number of hydrogen-bond acceptors (Lipinski definition) is 9. The van der Waals surface area contributed by atoms with Crippen LogP contribution in [0.2, 0.25) is 0 Å². The van der Waals surface area contributed by atoms with E-state index in [0.29, 0.717) is 30.2 Å². The monoisotopic (exact) mass is 396 g/mol. The fraction of sp³-hybridized carbons (Fsp3) is 0.316. The number of rotatable bonds is 8. The predicted molar refractivity (Wildman–Crippen MR) is 112 cm³/mol. The molecular formula is C19H24N8O2. The van der Waals surface area contributed by atoms with Crippen molar-refractivity contribution in [3.8, 4) is 5.69 Å². The number of aromatic nitrogens is 2. The highest BCUT2D eigenvalue weighted by Crippen LogP contribution is 2.26. The Morgan fingerprint density at radius 2 is 1.93 bits per heavy atom. The third-order valence-corrected chi connectivity index (χ3v) is 4.84. The molecule has 0 unspecified atom stereocenters. The number of allylic oxidation sites excluding steroid dienone is 2. The SMILES string of the molecule is N/C(=C\C=C(/N)N1CCN(CCN=O)CC1)c1ccc(-n2cccn2)cc1N=O. The van der Waals surface area contributed by atoms with E-state index in [1.54, 1.807) is 47.4 Å². The molecule has 1 aromatic carbocycles. The molecule has 0 atom stereocenters. The van der Waals surface area contributed by atoms with Crippen molar-refractivity contribution in [1.29, 1.82) is 0 Å². The first-order valence-electron chi connectivity index (χ1n) is 9.29. The molecule has 2 aromatic rings. The summed E-state index contributed by atoms with van der Waals surface area (Å²) in [6, 6.07) is 6.99. The van der Waals surface area contributed by atoms with Crippen LogP contribution in [0.25, 0.3) is 11.4 Å². The molecule has 3 rings (SSSR count). The summed E-state index contributed by atoms with van der Waals surface area (Å²) in [6.07, 6.45) is 6.84. The van der Waals surface area contributed by atoms with Gasteiger partial charge in [0.05, 0.1) is 18.1 Å². The number of nitrogens with two attached hydrogens (primary N) is 2. The summed E-state index contributed by atoms with van der Waals surface area (Å²) in [5.41, 5.74) is 14.2. The zero-order valence-corrected chi connectivity index (χ0v) is 16.0. The molecule has 4 N–H and O–H groups in total. The van der Waals surface area contributed by atoms with E-state index in [4.69, 9.17) is 11.5 Å². The molecule has 0 saturated carbocycles. The van der Waals surface area contributed by atoms with Crippen LogP contribution in [-0.2, 0) is 0 Å². The first-order chi connectivity index (χ1) is 14.1. The summed E-state index contributed by atoms with van der Waals surface area (Å²) in [4.78, 5) is 25.8. The Morgan fingerprint density at radius 3 is 2.59 bits per heavy atom. The molecule has 152 valence electrons. The maximum atomic E-state index is 11.3. The van der Waals surface area contributed by atoms with Crippen LogP contribution in [0.3, 0.4) is 0 Å². The Kier molecular flexibility index (Phi) is 6.69. The minimum Gasteiger partial charge on any atom is -0.398 e. The molecular weight excluding hydrogens is 372 g/mol. The number of nitrogens with zero attached hydrogens (tertiary/aromatic N) is 6. The van der Waals surface area contributed by atoms with Gasteiger partial charge in [-0.1, -0.05) is 5.18 Å². The van der Waals surface area contributed by atoms with Crippen LogP contribution in [0.4, 0.5) is 5.69 Å². The molecule has 1 saturated heterocycles. The molecule has 0 radical (unpaired) electrons. The van der Waals surface area contributed by atoms with E-state index in [2.05, 4.69) is 20.4 Å². The zero-order chi connectivity index (χ0) is 20.6. The molecule has 0 spiro atoms. The average molecular weight is 396 g/mol. The molecule has 0 bridgehead atoms. The summed E-state index contributed by atoms with van der Waals surface area (Å²) in [5.74, 6) is 0.592. The van der Waals surface area contributed by atoms with E-state index in [9.17, 15) is 9.81 Å². The number of hydrogen-bond donors (Lipinski definition) is 2. The second kappa shape index (κ2) is 9.60. The lowest BCUT2D eigenvalue weighted by Crippen LogP contribution is -2.47. The highest BCUT2D eigenvalue weighted by Gasteiger charge is 2.17. The molecule has 1 aliphatic rings. The van der Waals surface area contributed by atoms with E-state index < -0.39 is 0 Å². The van der Waals surface area contributed by atoms with Gasteiger partial charge in [0.2, 0.25) is 0 Å². The van der Waals surface area contributed by atoms with Crippen molar-refractivity contribution in [3.05, 3.63) is 70.0 Å². The van der Waals surface area contributed by atoms with Crippen LogP contribution in [0.15, 0.2) is 65.0 Å². The van der Waals surface area contributed by atoms with Gasteiger partial charge >= 0.3 is 0 Å². The smallest absolute Gasteiger partial charge is 0.119 e. The van der Waals surface area contributed by atoms with Gasteiger partial charge in [-0.3, -0.25) is 4.90 Å². The van der Waals surface area contributed by atoms with Crippen LogP contribution in [0.5, 0.6) is 0 Å². The number of benzene rings is 1. The van der Waals surface area contributed by atoms with Crippen LogP contribution in [0.1, 0.15) is 5.56 Å². The van der Waals surface area contributed by atoms with Crippen molar-refractivity contribution in [1.82, 2.24) is 19.6 Å². The lowest BCUT2D eigenvalue weighted by Gasteiger charge is -2.35. The van der Waals surface area contributed by atoms with Gasteiger partial charge < -0.3 is 16.4 Å². The van der Waals surface area contributed by atoms with Crippen LogP contribution >= 0.6 is 0 Å². The minimum absolute atomic E-state index is 0.233. The van der Waals surface area contributed by atoms with E-state index in [1.807, 2.05) is 11.0 Å². The second-order valence-corrected chi connectivity index (χ2v) is 6.64. The second-order valence-electron chi connectivity index (χ2n) is 6.64. The van der Waals surface area contributed by atoms with Crippen molar-refractivity contribution in [2.45, 2.75) is 0 Å². The average Bonchev–Trinajstić information content (AvgIpc) is 3.30. The summed E-state index contributed by atoms with van der Waals surface area (Å²) in [6.45, 7) is 4.12. The quantitative estimate of drug-likeness (QED) is 0.512. The van der Waals surface area contributed by atoms with E-state index in [0.717, 1.165) is 31.9 Å². The van der Waals surface area contributed by atoms with E-state index >= 15 is 0 Å². The minimum atomic E-state index is 0.233. The summed E-state index contributed by atoms with van der Waals surface area (Å²) in [5, 5.41) is 10.1. The third-order valence-electron chi connectivity index (χ3n) is 4.84. The van der Waals surface area contributed by atoms with Crippen molar-refractivity contribution >= 4 is 11.4 Å². The molecule has 1 aromatic heterocycles. The fourth-order valence-electron chi connectivity index (χ4n) is 3.19. The van der Waals surface area contributed by atoms with E-state index in [-0.39, 0.29) is 5.69 Å². The van der Waals surface area contributed by atoms with E-state index in [1.165, 1.54) is 0 Å². The van der Waals surface area contributed by atoms with Gasteiger partial charge in [-0.15, -0.1) is 4.91 Å². The Balaban J connectivity index is 1.69. The highest BCUT2D eigenvalue weighted by molar-refractivity contribution is 5.75. The standard InChI is InChI=1S/C19H24N8O2/c20-17(4-5-19(21)26-12-10-25(11-13-26)9-7-23-28)16-3-2-15(14-18(16)24-29)27-8-1-6-22-27/h1-6,8,14H,7,9-13,20-21H2/b17-4-,19-5+. The van der Waals surface area contributed by atoms with Crippen LogP contribution in [-0.4, -0.2) is 58.8 Å². The normalized spacial score (nSPS) is 16.1. The first kappa shape index (κ1) is 20.2. The van der Waals surface area contributed by atoms with Gasteiger partial charge in [0.15, 0.2) is 0 Å². The lowest BCUT2D eigenvalue weighted by molar-refractivity contribution is 0.161. The van der Waals surface area contributed by atoms with Crippen molar-refractivity contribution < 1.29 is 0 Å². The van der Waals surface area contributed by atoms with Crippen molar-refractivity contribution in [3.63, 3.8) is 0 Å². The largest absolute Gasteiger partial charge is 0.398 e. The Bertz CT molecular complexity index is 899. The first-order valence-corrected chi connectivity index (χ1v) is 9.29.